The van der Waals surface area contributed by atoms with Gasteiger partial charge >= 0.3 is 0 Å². The lowest BCUT2D eigenvalue weighted by Gasteiger charge is -2.26. The molecule has 1 aromatic carbocycles. The second-order valence-electron chi connectivity index (χ2n) is 5.45. The van der Waals surface area contributed by atoms with Crippen molar-refractivity contribution < 1.29 is 4.11 Å². The molecule has 0 atom stereocenters. The van der Waals surface area contributed by atoms with Crippen LogP contribution in [0.1, 0.15) is 54.8 Å². The molecule has 0 spiro atoms. The Labute approximate surface area is 112 Å². The van der Waals surface area contributed by atoms with Crippen molar-refractivity contribution in [3.8, 4) is 0 Å². The Kier molecular flexibility index (Phi) is 3.43. The molecule has 0 amide bonds. The summed E-state index contributed by atoms with van der Waals surface area (Å²) >= 11 is 0. The normalized spacial score (nSPS) is 15.0. The van der Waals surface area contributed by atoms with E-state index < -0.39 is 6.98 Å². The van der Waals surface area contributed by atoms with Crippen LogP contribution >= 0.6 is 0 Å². The Morgan fingerprint density at radius 2 is 1.59 bits per heavy atom. The van der Waals surface area contributed by atoms with Gasteiger partial charge in [-0.2, -0.15) is 0 Å². The second kappa shape index (κ2) is 5.73. The highest BCUT2D eigenvalue weighted by Crippen LogP contribution is 2.20. The monoisotopic (exact) mass is 234 g/mol. The summed E-state index contributed by atoms with van der Waals surface area (Å²) in [6.45, 7) is 8.42. The molecule has 0 saturated carbocycles. The van der Waals surface area contributed by atoms with Crippen LogP contribution < -0.4 is 5.46 Å². The third kappa shape index (κ3) is 3.13. The zero-order chi connectivity index (χ0) is 15.7. The topological polar surface area (TPSA) is 3.24 Å². The molecule has 2 heteroatoms. The van der Waals surface area contributed by atoms with Gasteiger partial charge in [-0.1, -0.05) is 58.2 Å². The van der Waals surface area contributed by atoms with Crippen molar-refractivity contribution in [2.24, 2.45) is 0 Å². The smallest absolute Gasteiger partial charge is 0.254 e. The maximum absolute atomic E-state index is 7.63. The summed E-state index contributed by atoms with van der Waals surface area (Å²) in [5.74, 6) is 0.771. The van der Waals surface area contributed by atoms with Crippen molar-refractivity contribution >= 4 is 12.3 Å². The fourth-order valence-corrected chi connectivity index (χ4v) is 2.28. The third-order valence-electron chi connectivity index (χ3n) is 3.42. The van der Waals surface area contributed by atoms with Crippen molar-refractivity contribution in [3.63, 3.8) is 0 Å². The van der Waals surface area contributed by atoms with Gasteiger partial charge in [-0.25, -0.2) is 0 Å². The number of rotatable bonds is 4. The van der Waals surface area contributed by atoms with Crippen LogP contribution in [0.2, 0.25) is 6.82 Å². The summed E-state index contributed by atoms with van der Waals surface area (Å²) in [6.07, 6.45) is 0. The van der Waals surface area contributed by atoms with E-state index >= 15 is 0 Å². The molecule has 0 aromatic heterocycles. The molecule has 0 heterocycles. The molecule has 1 nitrogen and oxygen atoms in total. The largest absolute Gasteiger partial charge is 0.344 e. The third-order valence-corrected chi connectivity index (χ3v) is 3.42. The fraction of sp³-hybridized carbons (Fsp3) is 0.600. The molecular formula is C15H26BN. The summed E-state index contributed by atoms with van der Waals surface area (Å²) in [4.78, 5) is 1.49. The second-order valence-corrected chi connectivity index (χ2v) is 5.45. The first kappa shape index (κ1) is 10.2. The minimum absolute atomic E-state index is 0.126. The van der Waals surface area contributed by atoms with Crippen LogP contribution in [-0.2, 0) is 0 Å². The average Bonchev–Trinajstić information content (AvgIpc) is 2.34. The van der Waals surface area contributed by atoms with E-state index in [1.807, 2.05) is 6.82 Å². The summed E-state index contributed by atoms with van der Waals surface area (Å²) in [5, 5.41) is 0. The molecule has 0 aliphatic heterocycles. The highest BCUT2D eigenvalue weighted by Gasteiger charge is 2.22. The van der Waals surface area contributed by atoms with Gasteiger partial charge in [-0.3, -0.25) is 0 Å². The Balaban J connectivity index is 3.40. The number of hydrogen-bond acceptors (Lipinski definition) is 1. The summed E-state index contributed by atoms with van der Waals surface area (Å²) < 4.78 is 22.9. The quantitative estimate of drug-likeness (QED) is 0.722. The van der Waals surface area contributed by atoms with Crippen LogP contribution in [0.15, 0.2) is 18.2 Å². The summed E-state index contributed by atoms with van der Waals surface area (Å²) in [6, 6.07) is 6.32. The Bertz CT molecular complexity index is 429. The SMILES string of the molecule is [2H]C([2H])([2H])N(C)B(C)c1c(C(C)C)cccc1C(C)C. The van der Waals surface area contributed by atoms with Crippen LogP contribution in [0, 0.1) is 0 Å². The van der Waals surface area contributed by atoms with E-state index in [0.717, 1.165) is 0 Å². The molecule has 94 valence electrons. The van der Waals surface area contributed by atoms with Crippen molar-refractivity contribution in [2.75, 3.05) is 14.0 Å². The predicted molar refractivity (Wildman–Crippen MR) is 79.6 cm³/mol. The van der Waals surface area contributed by atoms with Crippen LogP contribution in [0.25, 0.3) is 0 Å². The van der Waals surface area contributed by atoms with Crippen molar-refractivity contribution in [3.05, 3.63) is 29.3 Å². The standard InChI is InChI=1S/C15H26BN/c1-11(2)13-9-8-10-14(12(3)4)15(13)16(5)17(6)7/h8-12H,1-7H3/i6D3. The van der Waals surface area contributed by atoms with E-state index in [1.165, 1.54) is 21.4 Å². The van der Waals surface area contributed by atoms with Gasteiger partial charge in [0.1, 0.15) is 0 Å². The van der Waals surface area contributed by atoms with Gasteiger partial charge < -0.3 is 4.81 Å². The zero-order valence-electron chi connectivity index (χ0n) is 14.9. The first-order valence-electron chi connectivity index (χ1n) is 7.93. The highest BCUT2D eigenvalue weighted by molar-refractivity contribution is 6.70. The van der Waals surface area contributed by atoms with Crippen molar-refractivity contribution in [2.45, 2.75) is 46.4 Å². The average molecular weight is 234 g/mol. The van der Waals surface area contributed by atoms with E-state index in [2.05, 4.69) is 45.9 Å². The minimum Gasteiger partial charge on any atom is -0.344 e. The molecule has 0 bridgehead atoms. The predicted octanol–water partition coefficient (Wildman–Crippen LogP) is 3.32. The van der Waals surface area contributed by atoms with E-state index in [-0.39, 0.29) is 6.85 Å². The molecule has 0 fully saturated rings. The number of benzene rings is 1. The number of hydrogen-bond donors (Lipinski definition) is 0. The lowest BCUT2D eigenvalue weighted by molar-refractivity contribution is 0.651. The Morgan fingerprint density at radius 1 is 1.12 bits per heavy atom. The van der Waals surface area contributed by atoms with Crippen LogP contribution in [0.5, 0.6) is 0 Å². The summed E-state index contributed by atoms with van der Waals surface area (Å²) in [7, 11) is 1.68. The highest BCUT2D eigenvalue weighted by atomic mass is 15.0. The van der Waals surface area contributed by atoms with Gasteiger partial charge in [0.15, 0.2) is 0 Å². The first-order chi connectivity index (χ1) is 9.07. The van der Waals surface area contributed by atoms with Gasteiger partial charge in [-0.15, -0.1) is 0 Å². The van der Waals surface area contributed by atoms with E-state index in [1.54, 1.807) is 7.05 Å². The lowest BCUT2D eigenvalue weighted by atomic mass is 9.52. The molecule has 0 saturated heterocycles. The zero-order valence-corrected chi connectivity index (χ0v) is 11.9. The maximum Gasteiger partial charge on any atom is 0.254 e. The van der Waals surface area contributed by atoms with E-state index in [4.69, 9.17) is 4.11 Å². The van der Waals surface area contributed by atoms with Gasteiger partial charge in [0.25, 0.3) is 6.85 Å². The van der Waals surface area contributed by atoms with Crippen LogP contribution in [0.3, 0.4) is 0 Å². The molecule has 0 aliphatic rings. The number of nitrogens with zero attached hydrogens (tertiary/aromatic N) is 1. The van der Waals surface area contributed by atoms with Crippen molar-refractivity contribution in [1.29, 1.82) is 0 Å². The Hall–Kier alpha value is -0.755. The van der Waals surface area contributed by atoms with Gasteiger partial charge in [0.2, 0.25) is 0 Å². The van der Waals surface area contributed by atoms with Crippen LogP contribution in [0.4, 0.5) is 0 Å². The molecular weight excluding hydrogens is 205 g/mol. The summed E-state index contributed by atoms with van der Waals surface area (Å²) in [5.41, 5.74) is 3.68. The van der Waals surface area contributed by atoms with Gasteiger partial charge in [-0.05, 0) is 37.0 Å². The van der Waals surface area contributed by atoms with E-state index in [0.29, 0.717) is 11.8 Å². The molecule has 17 heavy (non-hydrogen) atoms. The molecule has 1 rings (SSSR count). The molecule has 0 unspecified atom stereocenters. The van der Waals surface area contributed by atoms with Gasteiger partial charge in [0.05, 0.1) is 0 Å². The van der Waals surface area contributed by atoms with Crippen molar-refractivity contribution in [1.82, 2.24) is 4.81 Å². The molecule has 0 N–H and O–H groups in total. The van der Waals surface area contributed by atoms with E-state index in [9.17, 15) is 0 Å². The van der Waals surface area contributed by atoms with Gasteiger partial charge in [0, 0.05) is 4.11 Å². The Morgan fingerprint density at radius 3 is 1.94 bits per heavy atom. The first-order valence-corrected chi connectivity index (χ1v) is 6.43. The molecule has 1 aromatic rings. The molecule has 0 aliphatic carbocycles. The molecule has 0 radical (unpaired) electrons. The van der Waals surface area contributed by atoms with Crippen LogP contribution in [-0.4, -0.2) is 25.7 Å². The minimum atomic E-state index is -2.07. The fourth-order valence-electron chi connectivity index (χ4n) is 2.28. The lowest BCUT2D eigenvalue weighted by Crippen LogP contribution is -2.45. The maximum atomic E-state index is 7.63.